The summed E-state index contributed by atoms with van der Waals surface area (Å²) in [4.78, 5) is 22.1. The van der Waals surface area contributed by atoms with Gasteiger partial charge in [-0.1, -0.05) is 184 Å². The zero-order valence-electron chi connectivity index (χ0n) is 51.2. The molecular weight excluding hydrogens is 1110 g/mol. The van der Waals surface area contributed by atoms with Gasteiger partial charge in [-0.25, -0.2) is 15.0 Å². The van der Waals surface area contributed by atoms with Crippen molar-refractivity contribution in [3.63, 3.8) is 0 Å². The molecule has 0 saturated carbocycles. The molecule has 9 aromatic carbocycles. The fourth-order valence-electron chi connectivity index (χ4n) is 12.4. The van der Waals surface area contributed by atoms with E-state index in [0.29, 0.717) is 0 Å². The predicted octanol–water partition coefficient (Wildman–Crippen LogP) is 21.1. The maximum Gasteiger partial charge on any atom is 0.153 e. The van der Waals surface area contributed by atoms with Crippen LogP contribution in [0.15, 0.2) is 231 Å². The number of nitrogens with zero attached hydrogens (tertiary/aromatic N) is 7. The average molecular weight is 1180 g/mol. The molecule has 3 aliphatic heterocycles. The summed E-state index contributed by atoms with van der Waals surface area (Å²) in [6.07, 6.45) is 3.63. The van der Waals surface area contributed by atoms with E-state index in [0.717, 1.165) is 130 Å². The second kappa shape index (κ2) is 21.2. The molecule has 0 amide bonds. The van der Waals surface area contributed by atoms with Crippen molar-refractivity contribution < 1.29 is 14.2 Å². The van der Waals surface area contributed by atoms with Gasteiger partial charge in [-0.15, -0.1) is 11.3 Å². The monoisotopic (exact) mass is 1180 g/mol. The van der Waals surface area contributed by atoms with Crippen LogP contribution in [0.5, 0.6) is 34.5 Å². The summed E-state index contributed by atoms with van der Waals surface area (Å²) in [5.74, 6) is 8.28. The Morgan fingerprint density at radius 3 is 0.966 bits per heavy atom. The topological polar surface area (TPSA) is 94.0 Å². The van der Waals surface area contributed by atoms with Gasteiger partial charge in [0, 0.05) is 55.1 Å². The number of pyridine rings is 1. The number of fused-ring (bicyclic) bond motifs is 6. The fourth-order valence-corrected chi connectivity index (χ4v) is 13.4. The Morgan fingerprint density at radius 2 is 0.596 bits per heavy atom. The number of hydrogen-bond donors (Lipinski definition) is 0. The zero-order chi connectivity index (χ0) is 60.9. The Morgan fingerprint density at radius 1 is 0.292 bits per heavy atom. The highest BCUT2D eigenvalue weighted by Crippen LogP contribution is 2.50. The Labute approximate surface area is 522 Å². The molecule has 0 fully saturated rings. The van der Waals surface area contributed by atoms with Crippen molar-refractivity contribution in [2.75, 3.05) is 0 Å². The predicted molar refractivity (Wildman–Crippen MR) is 362 cm³/mol. The Balaban J connectivity index is 0.000000115. The summed E-state index contributed by atoms with van der Waals surface area (Å²) < 4.78 is 25.5. The highest BCUT2D eigenvalue weighted by Gasteiger charge is 2.34. The summed E-state index contributed by atoms with van der Waals surface area (Å²) in [5.41, 5.74) is 18.1. The zero-order valence-corrected chi connectivity index (χ0v) is 52.0. The molecule has 0 bridgehead atoms. The van der Waals surface area contributed by atoms with Crippen LogP contribution in [0.25, 0.3) is 104 Å². The largest absolute Gasteiger partial charge is 0.453 e. The highest BCUT2D eigenvalue weighted by atomic mass is 32.1. The molecular formula is C78H65N7O3S. The summed E-state index contributed by atoms with van der Waals surface area (Å²) >= 11 is 1.83. The molecule has 10 nitrogen and oxygen atoms in total. The second-order valence-electron chi connectivity index (χ2n) is 25.9. The number of thiophene rings is 1. The lowest BCUT2D eigenvalue weighted by atomic mass is 9.95. The maximum absolute atomic E-state index is 6.32. The molecule has 11 heteroatoms. The first kappa shape index (κ1) is 55.2. The summed E-state index contributed by atoms with van der Waals surface area (Å²) in [5, 5.41) is 0. The van der Waals surface area contributed by atoms with Crippen molar-refractivity contribution in [2.24, 2.45) is 0 Å². The van der Waals surface area contributed by atoms with E-state index in [1.165, 1.54) is 26.4 Å². The molecule has 14 aromatic rings. The van der Waals surface area contributed by atoms with Gasteiger partial charge in [-0.05, 0) is 125 Å². The molecule has 0 unspecified atom stereocenters. The number of benzene rings is 9. The van der Waals surface area contributed by atoms with Crippen LogP contribution in [0.4, 0.5) is 0 Å². The van der Waals surface area contributed by atoms with Crippen LogP contribution in [0.3, 0.4) is 0 Å². The van der Waals surface area contributed by atoms with Gasteiger partial charge in [-0.2, -0.15) is 0 Å². The average Bonchev–Trinajstić information content (AvgIpc) is 1.63. The molecule has 8 heterocycles. The first-order chi connectivity index (χ1) is 43.0. The van der Waals surface area contributed by atoms with Gasteiger partial charge < -0.3 is 14.2 Å². The number of ether oxygens (including phenoxy) is 3. The van der Waals surface area contributed by atoms with Gasteiger partial charge in [0.15, 0.2) is 34.5 Å². The Kier molecular flexibility index (Phi) is 13.2. The minimum absolute atomic E-state index is 0.0886. The lowest BCUT2D eigenvalue weighted by Crippen LogP contribution is -2.19. The van der Waals surface area contributed by atoms with Crippen molar-refractivity contribution >= 4 is 44.4 Å². The quantitative estimate of drug-likeness (QED) is 0.169. The normalized spacial score (nSPS) is 12.6. The third-order valence-electron chi connectivity index (χ3n) is 16.5. The van der Waals surface area contributed by atoms with Gasteiger partial charge >= 0.3 is 0 Å². The lowest BCUT2D eigenvalue weighted by Gasteiger charge is -2.25. The van der Waals surface area contributed by atoms with Crippen LogP contribution >= 0.6 is 11.3 Å². The van der Waals surface area contributed by atoms with E-state index in [-0.39, 0.29) is 16.2 Å². The van der Waals surface area contributed by atoms with Crippen LogP contribution in [0, 0.1) is 0 Å². The van der Waals surface area contributed by atoms with Crippen molar-refractivity contribution in [3.05, 3.63) is 248 Å². The van der Waals surface area contributed by atoms with Crippen LogP contribution in [-0.2, 0) is 16.2 Å². The van der Waals surface area contributed by atoms with E-state index >= 15 is 0 Å². The molecule has 17 rings (SSSR count). The molecule has 436 valence electrons. The number of hydrogen-bond acceptors (Lipinski definition) is 8. The van der Waals surface area contributed by atoms with E-state index in [2.05, 4.69) is 227 Å². The van der Waals surface area contributed by atoms with E-state index in [1.807, 2.05) is 96.5 Å². The Hall–Kier alpha value is -10.4. The second-order valence-corrected chi connectivity index (χ2v) is 27.0. The third kappa shape index (κ3) is 9.64. The SMILES string of the molecule is CC(C)(C)c1nc2c(-c3ccc(-c4ccc(-c5ccccc5)s4)cc3)ccc3c2n1-c1ccccc1O3.CC(C)(C)c1nc2c(-c3ccccc3)ccc3c2n1-c1ccccc1O3.CC(C)(C)c1nc2c(-c3ccncc3)ccc3c2n1-c1ccccc1O3. The van der Waals surface area contributed by atoms with Crippen LogP contribution in [0.1, 0.15) is 79.8 Å². The number of imidazole rings is 3. The molecule has 0 N–H and O–H groups in total. The van der Waals surface area contributed by atoms with E-state index in [4.69, 9.17) is 29.2 Å². The molecule has 0 saturated heterocycles. The van der Waals surface area contributed by atoms with Crippen LogP contribution < -0.4 is 14.2 Å². The van der Waals surface area contributed by atoms with Crippen molar-refractivity contribution in [1.29, 1.82) is 0 Å². The highest BCUT2D eigenvalue weighted by molar-refractivity contribution is 7.18. The summed E-state index contributed by atoms with van der Waals surface area (Å²) in [6.45, 7) is 19.9. The fraction of sp³-hybridized carbons (Fsp3) is 0.154. The Bertz CT molecular complexity index is 4850. The molecule has 89 heavy (non-hydrogen) atoms. The molecule has 0 radical (unpaired) electrons. The van der Waals surface area contributed by atoms with E-state index in [1.54, 1.807) is 0 Å². The van der Waals surface area contributed by atoms with E-state index < -0.39 is 0 Å². The summed E-state index contributed by atoms with van der Waals surface area (Å²) in [7, 11) is 0. The van der Waals surface area contributed by atoms with Gasteiger partial charge in [0.25, 0.3) is 0 Å². The number of aromatic nitrogens is 7. The molecule has 0 aliphatic carbocycles. The molecule has 0 spiro atoms. The molecule has 3 aliphatic rings. The minimum atomic E-state index is -0.127. The standard InChI is InChI=1S/C33H26N2OS.C23H20N2O.C22H19N3O/c1-33(2,3)32-34-30-24(17-18-27-31(30)35(32)25-11-7-8-12-26(25)36-27)21-13-15-23(16-14-21)29-20-19-28(37-29)22-9-5-4-6-10-22;1-23(2,3)22-24-20-16(15-9-5-4-6-10-15)13-14-19-21(20)25(22)17-11-7-8-12-18(17)26-19;1-22(2,3)21-24-19-15(14-10-12-23-13-11-14)8-9-18-20(19)25(21)16-6-4-5-7-17(16)26-18/h4-20H,1-3H3;4-14H,1-3H3;4-13H,1-3H3. The van der Waals surface area contributed by atoms with Crippen molar-refractivity contribution in [1.82, 2.24) is 33.6 Å². The van der Waals surface area contributed by atoms with Gasteiger partial charge in [0.1, 0.15) is 50.6 Å². The smallest absolute Gasteiger partial charge is 0.153 e. The van der Waals surface area contributed by atoms with Gasteiger partial charge in [0.05, 0.1) is 17.1 Å². The minimum Gasteiger partial charge on any atom is -0.453 e. The molecule has 5 aromatic heterocycles. The number of para-hydroxylation sites is 6. The summed E-state index contributed by atoms with van der Waals surface area (Å²) in [6, 6.07) is 75.3. The first-order valence-corrected chi connectivity index (χ1v) is 31.1. The van der Waals surface area contributed by atoms with Gasteiger partial charge in [-0.3, -0.25) is 18.7 Å². The third-order valence-corrected chi connectivity index (χ3v) is 17.7. The van der Waals surface area contributed by atoms with Crippen molar-refractivity contribution in [2.45, 2.75) is 78.6 Å². The van der Waals surface area contributed by atoms with E-state index in [9.17, 15) is 0 Å². The number of rotatable bonds is 5. The lowest BCUT2D eigenvalue weighted by molar-refractivity contribution is 0.467. The van der Waals surface area contributed by atoms with Crippen molar-refractivity contribution in [3.8, 4) is 106 Å². The molecule has 0 atom stereocenters. The van der Waals surface area contributed by atoms with Crippen LogP contribution in [-0.4, -0.2) is 33.6 Å². The van der Waals surface area contributed by atoms with Gasteiger partial charge in [0.2, 0.25) is 0 Å². The van der Waals surface area contributed by atoms with Crippen LogP contribution in [0.2, 0.25) is 0 Å². The maximum atomic E-state index is 6.32. The first-order valence-electron chi connectivity index (χ1n) is 30.3.